The average molecular weight is 284 g/mol. The number of carboxylic acid groups (broad SMARTS) is 1. The Labute approximate surface area is 118 Å². The van der Waals surface area contributed by atoms with Crippen LogP contribution in [0.4, 0.5) is 0 Å². The van der Waals surface area contributed by atoms with Crippen molar-refractivity contribution in [3.8, 4) is 0 Å². The molecule has 5 nitrogen and oxygen atoms in total. The second-order valence-electron chi connectivity index (χ2n) is 3.86. The largest absolute Gasteiger partial charge is 0.481 e. The first-order valence-electron chi connectivity index (χ1n) is 5.11. The number of aliphatic hydroxyl groups is 2. The van der Waals surface area contributed by atoms with Crippen LogP contribution < -0.4 is 0 Å². The van der Waals surface area contributed by atoms with Crippen molar-refractivity contribution in [2.24, 2.45) is 5.92 Å². The molecule has 0 saturated heterocycles. The van der Waals surface area contributed by atoms with Crippen molar-refractivity contribution in [2.75, 3.05) is 0 Å². The third-order valence-electron chi connectivity index (χ3n) is 0.980. The summed E-state index contributed by atoms with van der Waals surface area (Å²) in [7, 11) is 0. The maximum Gasteiger partial charge on any atom is 0.313 e. The molecule has 0 heterocycles. The fourth-order valence-corrected chi connectivity index (χ4v) is 0.174. The maximum atomic E-state index is 10.2. The Morgan fingerprint density at radius 2 is 1.06 bits per heavy atom. The fraction of sp³-hybridized carbons (Fsp3) is 0.818. The smallest absolute Gasteiger partial charge is 0.313 e. The van der Waals surface area contributed by atoms with Gasteiger partial charge in [-0.1, -0.05) is 0 Å². The molecule has 1 atom stereocenters. The summed E-state index contributed by atoms with van der Waals surface area (Å²) in [4.78, 5) is 20.1. The molecule has 0 bridgehead atoms. The number of carboxylic acids is 1. The van der Waals surface area contributed by atoms with Crippen LogP contribution in [0.15, 0.2) is 0 Å². The number of ketones is 1. The van der Waals surface area contributed by atoms with E-state index >= 15 is 0 Å². The summed E-state index contributed by atoms with van der Waals surface area (Å²) >= 11 is 0. The van der Waals surface area contributed by atoms with E-state index in [9.17, 15) is 9.59 Å². The van der Waals surface area contributed by atoms with Gasteiger partial charge in [-0.3, -0.25) is 9.59 Å². The van der Waals surface area contributed by atoms with Crippen LogP contribution in [0.3, 0.4) is 0 Å². The molecule has 17 heavy (non-hydrogen) atoms. The van der Waals surface area contributed by atoms with Gasteiger partial charge >= 0.3 is 5.97 Å². The molecular weight excluding hydrogens is 260 g/mol. The molecule has 0 aliphatic heterocycles. The summed E-state index contributed by atoms with van der Waals surface area (Å²) in [6, 6.07) is 0. The van der Waals surface area contributed by atoms with Crippen LogP contribution in [0.5, 0.6) is 0 Å². The molecule has 0 radical (unpaired) electrons. The zero-order chi connectivity index (χ0) is 13.9. The number of aliphatic carboxylic acids is 1. The van der Waals surface area contributed by atoms with Crippen LogP contribution in [0.2, 0.25) is 0 Å². The molecule has 0 spiro atoms. The van der Waals surface area contributed by atoms with Crippen molar-refractivity contribution >= 4 is 11.8 Å². The van der Waals surface area contributed by atoms with Crippen molar-refractivity contribution in [2.45, 2.75) is 53.8 Å². The number of carbonyl (C=O) groups is 2. The quantitative estimate of drug-likeness (QED) is 0.521. The fourth-order valence-electron chi connectivity index (χ4n) is 0.174. The van der Waals surface area contributed by atoms with Gasteiger partial charge in [0.25, 0.3) is 0 Å². The predicted molar refractivity (Wildman–Crippen MR) is 62.2 cm³/mol. The van der Waals surface area contributed by atoms with Crippen LogP contribution in [-0.4, -0.2) is 39.3 Å². The molecule has 0 saturated carbocycles. The van der Waals surface area contributed by atoms with E-state index in [-0.39, 0.29) is 39.7 Å². The monoisotopic (exact) mass is 284 g/mol. The molecule has 0 aromatic heterocycles. The molecule has 6 heteroatoms. The molecule has 102 valence electrons. The molecule has 0 fully saturated rings. The summed E-state index contributed by atoms with van der Waals surface area (Å²) in [5.41, 5.74) is 0. The van der Waals surface area contributed by atoms with Crippen molar-refractivity contribution in [1.82, 2.24) is 0 Å². The Hall–Kier alpha value is -0.226. The zero-order valence-corrected chi connectivity index (χ0v) is 13.0. The molecule has 0 aliphatic carbocycles. The van der Waals surface area contributed by atoms with Gasteiger partial charge in [-0.05, 0) is 41.5 Å². The third-order valence-corrected chi connectivity index (χ3v) is 0.980. The Morgan fingerprint density at radius 3 is 1.06 bits per heavy atom. The minimum atomic E-state index is -1.06. The number of Topliss-reactive ketones (excluding diaryl/α,β-unsaturated/α-hetero) is 1. The van der Waals surface area contributed by atoms with E-state index < -0.39 is 11.9 Å². The van der Waals surface area contributed by atoms with Crippen LogP contribution in [0.25, 0.3) is 0 Å². The van der Waals surface area contributed by atoms with Gasteiger partial charge in [0.05, 0.1) is 0 Å². The van der Waals surface area contributed by atoms with Crippen LogP contribution in [0, 0.1) is 5.92 Å². The first-order valence-corrected chi connectivity index (χ1v) is 5.11. The van der Waals surface area contributed by atoms with Gasteiger partial charge in [0, 0.05) is 33.9 Å². The van der Waals surface area contributed by atoms with Crippen molar-refractivity contribution in [3.63, 3.8) is 0 Å². The second kappa shape index (κ2) is 15.8. The van der Waals surface area contributed by atoms with E-state index in [4.69, 9.17) is 15.3 Å². The Balaban J connectivity index is -0.0000000806. The van der Waals surface area contributed by atoms with E-state index in [1.54, 1.807) is 27.7 Å². The topological polar surface area (TPSA) is 94.8 Å². The number of hydrogen-bond donors (Lipinski definition) is 3. The van der Waals surface area contributed by atoms with Gasteiger partial charge in [0.15, 0.2) is 0 Å². The maximum absolute atomic E-state index is 10.2. The van der Waals surface area contributed by atoms with E-state index in [1.807, 2.05) is 0 Å². The summed E-state index contributed by atoms with van der Waals surface area (Å²) in [5, 5.41) is 24.2. The van der Waals surface area contributed by atoms with Gasteiger partial charge in [-0.25, -0.2) is 0 Å². The van der Waals surface area contributed by atoms with Gasteiger partial charge < -0.3 is 15.3 Å². The van der Waals surface area contributed by atoms with Crippen LogP contribution in [0.1, 0.15) is 41.5 Å². The van der Waals surface area contributed by atoms with Crippen LogP contribution in [-0.2, 0) is 31.3 Å². The normalized spacial score (nSPS) is 10.2. The number of aliphatic hydroxyl groups excluding tert-OH is 2. The molecule has 1 unspecified atom stereocenters. The number of carbonyl (C=O) groups excluding carboxylic acids is 1. The van der Waals surface area contributed by atoms with Crippen molar-refractivity contribution in [3.05, 3.63) is 0 Å². The molecular formula is C11H24O5Ti. The van der Waals surface area contributed by atoms with Gasteiger partial charge in [0.2, 0.25) is 0 Å². The summed E-state index contributed by atoms with van der Waals surface area (Å²) in [6.07, 6.45) is -0.333. The molecule has 0 amide bonds. The molecule has 0 aromatic carbocycles. The minimum absolute atomic E-state index is 0. The summed E-state index contributed by atoms with van der Waals surface area (Å²) in [6.45, 7) is 9.52. The van der Waals surface area contributed by atoms with Crippen molar-refractivity contribution < 1.29 is 46.6 Å². The second-order valence-corrected chi connectivity index (χ2v) is 3.86. The van der Waals surface area contributed by atoms with E-state index in [2.05, 4.69) is 0 Å². The summed E-state index contributed by atoms with van der Waals surface area (Å²) < 4.78 is 0. The van der Waals surface area contributed by atoms with Gasteiger partial charge in [0.1, 0.15) is 11.7 Å². The van der Waals surface area contributed by atoms with Gasteiger partial charge in [-0.15, -0.1) is 0 Å². The van der Waals surface area contributed by atoms with E-state index in [0.717, 1.165) is 0 Å². The van der Waals surface area contributed by atoms with Gasteiger partial charge in [-0.2, -0.15) is 0 Å². The SMILES string of the molecule is CC(=O)C(C)C(=O)O.CC(C)O.CC(C)O.[Ti]. The Kier molecular flexibility index (Phi) is 23.7. The predicted octanol–water partition coefficient (Wildman–Crippen LogP) is 1.07. The van der Waals surface area contributed by atoms with E-state index in [0.29, 0.717) is 0 Å². The van der Waals surface area contributed by atoms with E-state index in [1.165, 1.54) is 13.8 Å². The molecule has 0 rings (SSSR count). The number of hydrogen-bond acceptors (Lipinski definition) is 4. The summed E-state index contributed by atoms with van der Waals surface area (Å²) in [5.74, 6) is -2.22. The Morgan fingerprint density at radius 1 is 0.882 bits per heavy atom. The van der Waals surface area contributed by atoms with Crippen LogP contribution >= 0.6 is 0 Å². The average Bonchev–Trinajstić information content (AvgIpc) is 2.00. The third kappa shape index (κ3) is 49.5. The first-order chi connectivity index (χ1) is 7.02. The molecule has 0 aromatic rings. The van der Waals surface area contributed by atoms with Crippen molar-refractivity contribution in [1.29, 1.82) is 0 Å². The zero-order valence-electron chi connectivity index (χ0n) is 11.4. The molecule has 0 aliphatic rings. The minimum Gasteiger partial charge on any atom is -0.481 e. The Bertz CT molecular complexity index is 167. The first kappa shape index (κ1) is 25.6. The standard InChI is InChI=1S/C5H8O3.2C3H8O.Ti/c1-3(4(2)6)5(7)8;2*1-3(2)4;/h3H,1-2H3,(H,7,8);2*3-4H,1-2H3;. The number of rotatable bonds is 2. The molecule has 3 N–H and O–H groups in total.